The zero-order valence-electron chi connectivity index (χ0n) is 16.3. The molecule has 0 aliphatic carbocycles. The lowest BCUT2D eigenvalue weighted by molar-refractivity contribution is -0.145. The number of hydrogen-bond donors (Lipinski definition) is 3. The van der Waals surface area contributed by atoms with Crippen molar-refractivity contribution in [2.45, 2.75) is 51.4 Å². The number of ketones is 1. The van der Waals surface area contributed by atoms with Crippen molar-refractivity contribution in [1.29, 1.82) is 0 Å². The number of carboxylic acid groups (broad SMARTS) is 1. The summed E-state index contributed by atoms with van der Waals surface area (Å²) in [4.78, 5) is 35.5. The number of ether oxygens (including phenoxy) is 2. The molecular formula is C20H28N2O6. The average molecular weight is 392 g/mol. The molecule has 1 aliphatic rings. The second-order valence-corrected chi connectivity index (χ2v) is 6.79. The van der Waals surface area contributed by atoms with E-state index in [0.29, 0.717) is 17.7 Å². The normalized spacial score (nSPS) is 16.8. The molecule has 0 spiro atoms. The van der Waals surface area contributed by atoms with Crippen LogP contribution >= 0.6 is 0 Å². The molecule has 0 radical (unpaired) electrons. The molecule has 0 aromatic heterocycles. The molecule has 1 saturated heterocycles. The van der Waals surface area contributed by atoms with Gasteiger partial charge in [-0.2, -0.15) is 0 Å². The first-order chi connectivity index (χ1) is 13.4. The van der Waals surface area contributed by atoms with E-state index >= 15 is 0 Å². The summed E-state index contributed by atoms with van der Waals surface area (Å²) in [6, 6.07) is 5.51. The van der Waals surface area contributed by atoms with Crippen LogP contribution in [0.5, 0.6) is 5.75 Å². The van der Waals surface area contributed by atoms with Gasteiger partial charge in [0.1, 0.15) is 12.4 Å². The van der Waals surface area contributed by atoms with Gasteiger partial charge in [-0.3, -0.25) is 9.59 Å². The molecule has 1 heterocycles. The van der Waals surface area contributed by atoms with Crippen LogP contribution in [0.15, 0.2) is 24.3 Å². The summed E-state index contributed by atoms with van der Waals surface area (Å²) in [7, 11) is 0. The third kappa shape index (κ3) is 6.61. The molecule has 2 atom stereocenters. The number of benzene rings is 1. The number of aliphatic carboxylic acids is 1. The molecule has 2 rings (SSSR count). The maximum Gasteiger partial charge on any atom is 0.344 e. The SMILES string of the molecule is CCC(Oc1ccc(C(=O)C(C)NC(=O)COC2CCNCC2)cc1)C(=O)O. The van der Waals surface area contributed by atoms with Gasteiger partial charge in [0, 0.05) is 5.56 Å². The predicted octanol–water partition coefficient (Wildman–Crippen LogP) is 1.38. The summed E-state index contributed by atoms with van der Waals surface area (Å²) in [5, 5.41) is 14.9. The Morgan fingerprint density at radius 1 is 1.21 bits per heavy atom. The highest BCUT2D eigenvalue weighted by atomic mass is 16.5. The largest absolute Gasteiger partial charge is 0.479 e. The van der Waals surface area contributed by atoms with Crippen molar-refractivity contribution in [2.24, 2.45) is 0 Å². The smallest absolute Gasteiger partial charge is 0.344 e. The maximum absolute atomic E-state index is 12.5. The first-order valence-electron chi connectivity index (χ1n) is 9.56. The van der Waals surface area contributed by atoms with Crippen LogP contribution in [0.25, 0.3) is 0 Å². The number of amides is 1. The molecule has 8 nitrogen and oxygen atoms in total. The molecule has 154 valence electrons. The zero-order valence-corrected chi connectivity index (χ0v) is 16.3. The number of piperidine rings is 1. The van der Waals surface area contributed by atoms with Crippen molar-refractivity contribution in [3.63, 3.8) is 0 Å². The van der Waals surface area contributed by atoms with Crippen molar-refractivity contribution in [2.75, 3.05) is 19.7 Å². The minimum atomic E-state index is -1.04. The highest BCUT2D eigenvalue weighted by Crippen LogP contribution is 2.16. The third-order valence-corrected chi connectivity index (χ3v) is 4.57. The lowest BCUT2D eigenvalue weighted by atomic mass is 10.1. The van der Waals surface area contributed by atoms with Gasteiger partial charge in [0.25, 0.3) is 0 Å². The van der Waals surface area contributed by atoms with Crippen molar-refractivity contribution in [3.8, 4) is 5.75 Å². The highest BCUT2D eigenvalue weighted by molar-refractivity contribution is 6.01. The summed E-state index contributed by atoms with van der Waals surface area (Å²) >= 11 is 0. The lowest BCUT2D eigenvalue weighted by Crippen LogP contribution is -2.42. The Morgan fingerprint density at radius 3 is 2.43 bits per heavy atom. The van der Waals surface area contributed by atoms with E-state index < -0.39 is 18.1 Å². The van der Waals surface area contributed by atoms with Crippen LogP contribution in [0.4, 0.5) is 0 Å². The van der Waals surface area contributed by atoms with Gasteiger partial charge in [0.15, 0.2) is 11.9 Å². The molecule has 1 aromatic rings. The molecule has 1 aromatic carbocycles. The van der Waals surface area contributed by atoms with E-state index in [1.54, 1.807) is 38.1 Å². The molecule has 2 unspecified atom stereocenters. The molecule has 0 saturated carbocycles. The molecule has 1 amide bonds. The molecule has 28 heavy (non-hydrogen) atoms. The Hall–Kier alpha value is -2.45. The Balaban J connectivity index is 1.82. The van der Waals surface area contributed by atoms with E-state index in [1.165, 1.54) is 0 Å². The quantitative estimate of drug-likeness (QED) is 0.516. The molecular weight excluding hydrogens is 364 g/mol. The number of Topliss-reactive ketones (excluding diaryl/α,β-unsaturated/α-hetero) is 1. The summed E-state index contributed by atoms with van der Waals surface area (Å²) < 4.78 is 11.0. The Bertz CT molecular complexity index is 670. The van der Waals surface area contributed by atoms with E-state index in [4.69, 9.17) is 14.6 Å². The summed E-state index contributed by atoms with van der Waals surface area (Å²) in [6.07, 6.45) is 1.22. The lowest BCUT2D eigenvalue weighted by Gasteiger charge is -2.23. The standard InChI is InChI=1S/C20H28N2O6/c1-3-17(20(25)26)28-16-6-4-14(5-7-16)19(24)13(2)22-18(23)12-27-15-8-10-21-11-9-15/h4-7,13,15,17,21H,3,8-12H2,1-2H3,(H,22,23)(H,25,26). The molecule has 3 N–H and O–H groups in total. The van der Waals surface area contributed by atoms with Gasteiger partial charge in [-0.1, -0.05) is 6.92 Å². The van der Waals surface area contributed by atoms with E-state index in [2.05, 4.69) is 10.6 Å². The van der Waals surface area contributed by atoms with Crippen molar-refractivity contribution >= 4 is 17.7 Å². The van der Waals surface area contributed by atoms with E-state index in [-0.39, 0.29) is 24.4 Å². The van der Waals surface area contributed by atoms with Gasteiger partial charge >= 0.3 is 5.97 Å². The summed E-state index contributed by atoms with van der Waals surface area (Å²) in [6.45, 7) is 5.03. The van der Waals surface area contributed by atoms with Crippen LogP contribution in [-0.2, 0) is 14.3 Å². The monoisotopic (exact) mass is 392 g/mol. The molecule has 1 aliphatic heterocycles. The fourth-order valence-electron chi connectivity index (χ4n) is 2.92. The Labute approximate surface area is 164 Å². The van der Waals surface area contributed by atoms with Gasteiger partial charge in [-0.25, -0.2) is 4.79 Å². The number of carboxylic acids is 1. The Kier molecular flexibility index (Phi) is 8.41. The van der Waals surface area contributed by atoms with Crippen molar-refractivity contribution in [1.82, 2.24) is 10.6 Å². The first kappa shape index (κ1) is 21.8. The average Bonchev–Trinajstić information content (AvgIpc) is 2.71. The van der Waals surface area contributed by atoms with E-state index in [9.17, 15) is 14.4 Å². The zero-order chi connectivity index (χ0) is 20.5. The van der Waals surface area contributed by atoms with Gasteiger partial charge < -0.3 is 25.2 Å². The fourth-order valence-corrected chi connectivity index (χ4v) is 2.92. The molecule has 1 fully saturated rings. The van der Waals surface area contributed by atoms with Crippen LogP contribution in [-0.4, -0.2) is 60.7 Å². The van der Waals surface area contributed by atoms with Gasteiger partial charge in [0.05, 0.1) is 12.1 Å². The van der Waals surface area contributed by atoms with E-state index in [0.717, 1.165) is 25.9 Å². The third-order valence-electron chi connectivity index (χ3n) is 4.57. The maximum atomic E-state index is 12.5. The number of hydrogen-bond acceptors (Lipinski definition) is 6. The Morgan fingerprint density at radius 2 is 1.86 bits per heavy atom. The minimum absolute atomic E-state index is 0.0668. The van der Waals surface area contributed by atoms with Crippen LogP contribution in [0.3, 0.4) is 0 Å². The van der Waals surface area contributed by atoms with Crippen molar-refractivity contribution < 1.29 is 29.0 Å². The van der Waals surface area contributed by atoms with Crippen LogP contribution < -0.4 is 15.4 Å². The van der Waals surface area contributed by atoms with Gasteiger partial charge in [-0.05, 0) is 63.5 Å². The predicted molar refractivity (Wildman–Crippen MR) is 103 cm³/mol. The van der Waals surface area contributed by atoms with Crippen LogP contribution in [0.2, 0.25) is 0 Å². The van der Waals surface area contributed by atoms with Gasteiger partial charge in [-0.15, -0.1) is 0 Å². The number of carbonyl (C=O) groups is 3. The summed E-state index contributed by atoms with van der Waals surface area (Å²) in [5.41, 5.74) is 0.405. The topological polar surface area (TPSA) is 114 Å². The molecule has 8 heteroatoms. The molecule has 0 bridgehead atoms. The second kappa shape index (κ2) is 10.8. The highest BCUT2D eigenvalue weighted by Gasteiger charge is 2.20. The van der Waals surface area contributed by atoms with E-state index in [1.807, 2.05) is 0 Å². The fraction of sp³-hybridized carbons (Fsp3) is 0.550. The number of rotatable bonds is 10. The first-order valence-corrected chi connectivity index (χ1v) is 9.56. The van der Waals surface area contributed by atoms with Crippen LogP contribution in [0.1, 0.15) is 43.5 Å². The van der Waals surface area contributed by atoms with Crippen LogP contribution in [0, 0.1) is 0 Å². The van der Waals surface area contributed by atoms with Crippen molar-refractivity contribution in [3.05, 3.63) is 29.8 Å². The minimum Gasteiger partial charge on any atom is -0.479 e. The van der Waals surface area contributed by atoms with Gasteiger partial charge in [0.2, 0.25) is 5.91 Å². The number of carbonyl (C=O) groups excluding carboxylic acids is 2. The summed E-state index contributed by atoms with van der Waals surface area (Å²) in [5.74, 6) is -1.23. The second-order valence-electron chi connectivity index (χ2n) is 6.79. The number of nitrogens with one attached hydrogen (secondary N) is 2.